The molecular weight excluding hydrogens is 1190 g/mol. The molecule has 4 aliphatic carbocycles. The van der Waals surface area contributed by atoms with Crippen LogP contribution < -0.4 is 0 Å². The van der Waals surface area contributed by atoms with E-state index in [-0.39, 0.29) is 50.4 Å². The molecule has 4 saturated carbocycles. The second-order valence-electron chi connectivity index (χ2n) is 25.5. The smallest absolute Gasteiger partial charge is 0.330 e. The van der Waals surface area contributed by atoms with Gasteiger partial charge < -0.3 is 144 Å². The molecule has 9 aliphatic rings. The van der Waals surface area contributed by atoms with E-state index >= 15 is 0 Å². The Kier molecular flexibility index (Phi) is 24.8. The number of hydrogen-bond donors (Lipinski definition) is 17. The molecule has 0 aromatic heterocycles. The van der Waals surface area contributed by atoms with E-state index in [2.05, 4.69) is 0 Å². The van der Waals surface area contributed by atoms with E-state index in [1.54, 1.807) is 12.2 Å². The summed E-state index contributed by atoms with van der Waals surface area (Å²) >= 11 is 0. The molecule has 33 atom stereocenters. The van der Waals surface area contributed by atoms with E-state index in [1.807, 2.05) is 0 Å². The number of allylic oxidation sites excluding steroid dienone is 2. The number of carbonyl (C=O) groups is 2. The van der Waals surface area contributed by atoms with Crippen LogP contribution in [0, 0.1) is 23.7 Å². The zero-order valence-electron chi connectivity index (χ0n) is 49.4. The summed E-state index contributed by atoms with van der Waals surface area (Å²) in [4.78, 5) is 25.6. The van der Waals surface area contributed by atoms with Crippen LogP contribution in [-0.4, -0.2) is 316 Å². The summed E-state index contributed by atoms with van der Waals surface area (Å²) in [6.45, 7) is -0.394. The van der Waals surface area contributed by atoms with Crippen molar-refractivity contribution in [2.24, 2.45) is 23.7 Å². The summed E-state index contributed by atoms with van der Waals surface area (Å²) in [7, 11) is 1.36. The zero-order chi connectivity index (χ0) is 64.3. The monoisotopic (exact) mass is 1280 g/mol. The Morgan fingerprint density at radius 1 is 0.472 bits per heavy atom. The molecule has 0 spiro atoms. The lowest BCUT2D eigenvalue weighted by Crippen LogP contribution is -2.64. The number of aliphatic hydroxyl groups is 17. The molecule has 5 heterocycles. The molecule has 13 unspecified atom stereocenters. The number of rotatable bonds is 19. The van der Waals surface area contributed by atoms with Gasteiger partial charge in [0.05, 0.1) is 80.4 Å². The Morgan fingerprint density at radius 2 is 1.03 bits per heavy atom. The molecule has 31 heteroatoms. The van der Waals surface area contributed by atoms with E-state index in [0.717, 1.165) is 0 Å². The molecule has 17 N–H and O–H groups in total. The molecule has 510 valence electrons. The molecule has 0 radical (unpaired) electrons. The fourth-order valence-electron chi connectivity index (χ4n) is 13.9. The maximum absolute atomic E-state index is 13.2. The number of esters is 2. The second kappa shape index (κ2) is 31.3. The minimum atomic E-state index is -1.93. The summed E-state index contributed by atoms with van der Waals surface area (Å²) < 4.78 is 70.8. The number of methoxy groups -OCH3 is 1. The summed E-state index contributed by atoms with van der Waals surface area (Å²) in [5.41, 5.74) is 0. The van der Waals surface area contributed by atoms with Crippen molar-refractivity contribution >= 4 is 11.9 Å². The predicted octanol–water partition coefficient (Wildman–Crippen LogP) is -6.61. The van der Waals surface area contributed by atoms with Gasteiger partial charge in [-0.2, -0.15) is 0 Å². The molecule has 5 aliphatic heterocycles. The van der Waals surface area contributed by atoms with Gasteiger partial charge in [-0.05, 0) is 95.3 Å². The van der Waals surface area contributed by atoms with Crippen LogP contribution in [0.3, 0.4) is 0 Å². The molecule has 0 bridgehead atoms. The summed E-state index contributed by atoms with van der Waals surface area (Å²) in [6, 6.07) is 0. The number of ether oxygens (including phenoxy) is 12. The lowest BCUT2D eigenvalue weighted by Gasteiger charge is -2.53. The third-order valence-corrected chi connectivity index (χ3v) is 19.3. The third-order valence-electron chi connectivity index (χ3n) is 19.3. The average molecular weight is 1290 g/mol. The molecule has 0 aromatic carbocycles. The first kappa shape index (κ1) is 70.7. The van der Waals surface area contributed by atoms with Crippen LogP contribution in [0.2, 0.25) is 0 Å². The van der Waals surface area contributed by atoms with Gasteiger partial charge in [0.1, 0.15) is 98.2 Å². The standard InChI is InChI=1S/C58H92O31/c1-22-53(89-40(65)12-6-23-3-8-27(9-4-23)82-56-49(74)46(71)43(68)37(87-56)20-79-39(64)11-7-24-5-10-29(61)30(62)13-24)48(73)52(77)55(81-22)80-21-38-44(69)47(72)51(76)58(88-38)85-35-18-28-32(83-54(35)25-14-31(63)41(66)34(15-25)78-2)16-26(60)17-33(28)84-57-50(75)45(70)42(67)36(19-59)86-57/h6-7,11-12,22-38,41-63,66-77H,3-5,8-10,13-21H2,1-2H3/t22-,23?,24?,25?,26?,27?,28?,29?,30?,31?,32?,33?,34?,35?,36+,37+,38+,41?,42+,43+,44+,45-,46-,47-,48-,49+,50+,51+,52+,53-,54?,55+,56+,57+,58+/m0/s1. The molecule has 9 fully saturated rings. The molecule has 5 saturated heterocycles. The Hall–Kier alpha value is -2.66. The van der Waals surface area contributed by atoms with Gasteiger partial charge in [0, 0.05) is 31.6 Å². The van der Waals surface area contributed by atoms with Gasteiger partial charge in [-0.25, -0.2) is 9.59 Å². The second-order valence-corrected chi connectivity index (χ2v) is 25.5. The first-order valence-electron chi connectivity index (χ1n) is 31.0. The van der Waals surface area contributed by atoms with Gasteiger partial charge in [-0.1, -0.05) is 12.2 Å². The fraction of sp³-hybridized carbons (Fsp3) is 0.897. The maximum Gasteiger partial charge on any atom is 0.330 e. The topological polar surface area (TPSA) is 489 Å². The first-order chi connectivity index (χ1) is 42.3. The fourth-order valence-corrected chi connectivity index (χ4v) is 13.9. The van der Waals surface area contributed by atoms with Crippen LogP contribution in [0.1, 0.15) is 84.0 Å². The molecule has 9 rings (SSSR count). The minimum absolute atomic E-state index is 0.00546. The van der Waals surface area contributed by atoms with Crippen LogP contribution >= 0.6 is 0 Å². The highest BCUT2D eigenvalue weighted by molar-refractivity contribution is 5.82. The van der Waals surface area contributed by atoms with Crippen molar-refractivity contribution in [1.29, 1.82) is 0 Å². The highest BCUT2D eigenvalue weighted by Crippen LogP contribution is 2.46. The van der Waals surface area contributed by atoms with E-state index in [9.17, 15) is 96.4 Å². The van der Waals surface area contributed by atoms with Crippen molar-refractivity contribution in [1.82, 2.24) is 0 Å². The van der Waals surface area contributed by atoms with Gasteiger partial charge >= 0.3 is 11.9 Å². The average Bonchev–Trinajstić information content (AvgIpc) is 0.919. The summed E-state index contributed by atoms with van der Waals surface area (Å²) in [5.74, 6) is -3.20. The highest BCUT2D eigenvalue weighted by Gasteiger charge is 2.56. The van der Waals surface area contributed by atoms with Crippen molar-refractivity contribution in [3.8, 4) is 0 Å². The van der Waals surface area contributed by atoms with Crippen LogP contribution in [-0.2, 0) is 66.4 Å². The van der Waals surface area contributed by atoms with Crippen molar-refractivity contribution in [2.75, 3.05) is 26.9 Å². The highest BCUT2D eigenvalue weighted by atomic mass is 16.7. The van der Waals surface area contributed by atoms with Crippen molar-refractivity contribution < 1.29 is 153 Å². The Bertz CT molecular complexity index is 2300. The molecule has 89 heavy (non-hydrogen) atoms. The Labute approximate surface area is 512 Å². The van der Waals surface area contributed by atoms with E-state index in [1.165, 1.54) is 26.2 Å². The van der Waals surface area contributed by atoms with Gasteiger partial charge in [0.25, 0.3) is 0 Å². The van der Waals surface area contributed by atoms with E-state index in [0.29, 0.717) is 38.5 Å². The van der Waals surface area contributed by atoms with Gasteiger partial charge in [0.2, 0.25) is 0 Å². The van der Waals surface area contributed by atoms with Crippen LogP contribution in [0.5, 0.6) is 0 Å². The van der Waals surface area contributed by atoms with Crippen LogP contribution in [0.15, 0.2) is 24.3 Å². The predicted molar refractivity (Wildman–Crippen MR) is 292 cm³/mol. The largest absolute Gasteiger partial charge is 0.460 e. The quantitative estimate of drug-likeness (QED) is 0.0422. The normalized spacial score (nSPS) is 50.1. The molecule has 0 amide bonds. The summed E-state index contributed by atoms with van der Waals surface area (Å²) in [6.07, 6.45) is -33.8. The lowest BCUT2D eigenvalue weighted by molar-refractivity contribution is -0.352. The Balaban J connectivity index is 0.757. The van der Waals surface area contributed by atoms with Gasteiger partial charge in [-0.15, -0.1) is 0 Å². The maximum atomic E-state index is 13.2. The first-order valence-corrected chi connectivity index (χ1v) is 31.0. The van der Waals surface area contributed by atoms with Crippen LogP contribution in [0.25, 0.3) is 0 Å². The minimum Gasteiger partial charge on any atom is -0.460 e. The molecule has 0 aromatic rings. The summed E-state index contributed by atoms with van der Waals surface area (Å²) in [5, 5.41) is 182. The van der Waals surface area contributed by atoms with Crippen molar-refractivity contribution in [2.45, 2.75) is 274 Å². The van der Waals surface area contributed by atoms with E-state index in [4.69, 9.17) is 56.8 Å². The van der Waals surface area contributed by atoms with Crippen LogP contribution in [0.4, 0.5) is 0 Å². The van der Waals surface area contributed by atoms with Gasteiger partial charge in [0.15, 0.2) is 31.3 Å². The van der Waals surface area contributed by atoms with Gasteiger partial charge in [-0.3, -0.25) is 0 Å². The zero-order valence-corrected chi connectivity index (χ0v) is 49.4. The number of aliphatic hydroxyl groups excluding tert-OH is 17. The van der Waals surface area contributed by atoms with Crippen molar-refractivity contribution in [3.63, 3.8) is 0 Å². The van der Waals surface area contributed by atoms with Crippen molar-refractivity contribution in [3.05, 3.63) is 24.3 Å². The Morgan fingerprint density at radius 3 is 1.66 bits per heavy atom. The SMILES string of the molecule is COC1CC(C2OC3CC(O)CC(O[C@@H]4O[C@H](CO)[C@@H](O)[C@H](O)[C@H]4O)C3CC2O[C@@H]2O[C@H](CO[C@@H]3O[C@@H](C)[C@H](OC(=O)C=CC4CCC(O[C@@H]5O[C@H](COC(=O)C=CC6CCC(O)C(O)C6)[C@@H](O)[C@H](O)[C@H]5O)CC4)[C@@H](O)[C@H]3O)[C@@H](O)[C@H](O)[C@H]2O)CC(O)C1O. The number of hydrogen-bond acceptors (Lipinski definition) is 31. The number of fused-ring (bicyclic) bond motifs is 1. The van der Waals surface area contributed by atoms with E-state index < -0.39 is 234 Å². The molecule has 31 nitrogen and oxygen atoms in total. The third kappa shape index (κ3) is 16.7. The lowest BCUT2D eigenvalue weighted by atomic mass is 9.72. The molecular formula is C58H92O31. The number of carbonyl (C=O) groups excluding carboxylic acids is 2.